The topological polar surface area (TPSA) is 77.0 Å². The van der Waals surface area contributed by atoms with E-state index in [1.165, 1.54) is 5.56 Å². The van der Waals surface area contributed by atoms with Crippen LogP contribution in [0.4, 0.5) is 0 Å². The van der Waals surface area contributed by atoms with E-state index in [1.807, 2.05) is 43.0 Å². The molecule has 0 aliphatic carbocycles. The fraction of sp³-hybridized carbons (Fsp3) is 0.652. The molecule has 0 saturated carbocycles. The van der Waals surface area contributed by atoms with Crippen LogP contribution in [0.3, 0.4) is 0 Å². The third-order valence-electron chi connectivity index (χ3n) is 5.71. The third kappa shape index (κ3) is 7.03. The fourth-order valence-electron chi connectivity index (χ4n) is 3.73. The number of likely N-dealkylation sites (tertiary alicyclic amines) is 1. The Labute approximate surface area is 175 Å². The lowest BCUT2D eigenvalue weighted by atomic mass is 9.98. The van der Waals surface area contributed by atoms with E-state index < -0.39 is 6.10 Å². The van der Waals surface area contributed by atoms with Crippen LogP contribution >= 0.6 is 0 Å². The van der Waals surface area contributed by atoms with Gasteiger partial charge in [-0.3, -0.25) is 9.79 Å². The molecule has 0 bridgehead atoms. The second-order valence-corrected chi connectivity index (χ2v) is 7.90. The molecule has 6 heteroatoms. The first-order valence-electron chi connectivity index (χ1n) is 11.1. The second-order valence-electron chi connectivity index (χ2n) is 7.90. The quantitative estimate of drug-likeness (QED) is 0.461. The first-order valence-corrected chi connectivity index (χ1v) is 11.1. The Morgan fingerprint density at radius 3 is 2.34 bits per heavy atom. The maximum atomic E-state index is 12.6. The predicted molar refractivity (Wildman–Crippen MR) is 119 cm³/mol. The van der Waals surface area contributed by atoms with Gasteiger partial charge >= 0.3 is 0 Å². The zero-order chi connectivity index (χ0) is 21.2. The molecule has 0 spiro atoms. The number of amides is 1. The number of nitrogens with zero attached hydrogens (tertiary/aromatic N) is 2. The lowest BCUT2D eigenvalue weighted by Gasteiger charge is -2.35. The Morgan fingerprint density at radius 1 is 1.17 bits per heavy atom. The maximum absolute atomic E-state index is 12.6. The highest BCUT2D eigenvalue weighted by atomic mass is 16.3. The van der Waals surface area contributed by atoms with Crippen LogP contribution < -0.4 is 10.6 Å². The van der Waals surface area contributed by atoms with Crippen LogP contribution in [-0.4, -0.2) is 54.1 Å². The molecule has 1 aliphatic rings. The van der Waals surface area contributed by atoms with E-state index in [4.69, 9.17) is 0 Å². The van der Waals surface area contributed by atoms with E-state index in [9.17, 15) is 9.90 Å². The van der Waals surface area contributed by atoms with Crippen molar-refractivity contribution in [2.45, 2.75) is 65.5 Å². The minimum atomic E-state index is -0.620. The summed E-state index contributed by atoms with van der Waals surface area (Å²) < 4.78 is 0. The van der Waals surface area contributed by atoms with Crippen LogP contribution in [0.15, 0.2) is 29.3 Å². The Hall–Kier alpha value is -2.08. The van der Waals surface area contributed by atoms with Gasteiger partial charge in [0.25, 0.3) is 0 Å². The van der Waals surface area contributed by atoms with Crippen molar-refractivity contribution in [2.24, 2.45) is 10.9 Å². The number of nitrogens with one attached hydrogen (secondary N) is 2. The number of aliphatic hydroxyl groups excluding tert-OH is 1. The summed E-state index contributed by atoms with van der Waals surface area (Å²) in [7, 11) is 0. The summed E-state index contributed by atoms with van der Waals surface area (Å²) in [4.78, 5) is 19.2. The summed E-state index contributed by atoms with van der Waals surface area (Å²) in [6.07, 6.45) is 3.03. The highest BCUT2D eigenvalue weighted by Crippen LogP contribution is 2.18. The highest BCUT2D eigenvalue weighted by Gasteiger charge is 2.26. The third-order valence-corrected chi connectivity index (χ3v) is 5.71. The Kier molecular flexibility index (Phi) is 9.45. The van der Waals surface area contributed by atoms with E-state index in [0.29, 0.717) is 12.5 Å². The molecule has 1 heterocycles. The minimum Gasteiger partial charge on any atom is -0.386 e. The van der Waals surface area contributed by atoms with E-state index in [1.54, 1.807) is 0 Å². The number of piperidine rings is 1. The van der Waals surface area contributed by atoms with E-state index in [-0.39, 0.29) is 12.0 Å². The van der Waals surface area contributed by atoms with Gasteiger partial charge in [-0.25, -0.2) is 0 Å². The van der Waals surface area contributed by atoms with E-state index in [0.717, 1.165) is 56.8 Å². The van der Waals surface area contributed by atoms with Crippen molar-refractivity contribution in [1.82, 2.24) is 15.5 Å². The van der Waals surface area contributed by atoms with Gasteiger partial charge in [0.1, 0.15) is 0 Å². The van der Waals surface area contributed by atoms with Gasteiger partial charge in [-0.05, 0) is 45.1 Å². The molecule has 1 atom stereocenters. The van der Waals surface area contributed by atoms with Gasteiger partial charge < -0.3 is 20.6 Å². The second kappa shape index (κ2) is 11.8. The number of hydrogen-bond acceptors (Lipinski definition) is 3. The monoisotopic (exact) mass is 402 g/mol. The SMILES string of the molecule is CCNC(=NCC(O)c1ccc(C)cc1)NC1CCN(C(=O)C(CC)CC)CC1. The molecular weight excluding hydrogens is 364 g/mol. The molecule has 1 aromatic rings. The van der Waals surface area contributed by atoms with Gasteiger partial charge in [0.15, 0.2) is 5.96 Å². The number of hydrogen-bond donors (Lipinski definition) is 3. The van der Waals surface area contributed by atoms with E-state index >= 15 is 0 Å². The zero-order valence-electron chi connectivity index (χ0n) is 18.4. The average Bonchev–Trinajstić information content (AvgIpc) is 2.73. The van der Waals surface area contributed by atoms with Crippen molar-refractivity contribution < 1.29 is 9.90 Å². The molecule has 162 valence electrons. The van der Waals surface area contributed by atoms with Gasteiger partial charge in [0.2, 0.25) is 5.91 Å². The number of benzene rings is 1. The normalized spacial score (nSPS) is 16.8. The lowest BCUT2D eigenvalue weighted by Crippen LogP contribution is -2.50. The molecule has 29 heavy (non-hydrogen) atoms. The molecule has 2 rings (SSSR count). The van der Waals surface area contributed by atoms with Gasteiger partial charge in [0.05, 0.1) is 12.6 Å². The van der Waals surface area contributed by atoms with Crippen molar-refractivity contribution in [3.05, 3.63) is 35.4 Å². The lowest BCUT2D eigenvalue weighted by molar-refractivity contribution is -0.136. The predicted octanol–water partition coefficient (Wildman–Crippen LogP) is 3.01. The van der Waals surface area contributed by atoms with Crippen molar-refractivity contribution in [3.63, 3.8) is 0 Å². The van der Waals surface area contributed by atoms with Crippen LogP contribution in [0.25, 0.3) is 0 Å². The van der Waals surface area contributed by atoms with E-state index in [2.05, 4.69) is 29.5 Å². The summed E-state index contributed by atoms with van der Waals surface area (Å²) in [5, 5.41) is 17.2. The average molecular weight is 403 g/mol. The molecule has 3 N–H and O–H groups in total. The molecule has 1 fully saturated rings. The molecule has 6 nitrogen and oxygen atoms in total. The minimum absolute atomic E-state index is 0.154. The highest BCUT2D eigenvalue weighted by molar-refractivity contribution is 5.80. The summed E-state index contributed by atoms with van der Waals surface area (Å²) in [5.41, 5.74) is 2.05. The summed E-state index contributed by atoms with van der Waals surface area (Å²) in [5.74, 6) is 1.18. The van der Waals surface area contributed by atoms with Crippen LogP contribution in [-0.2, 0) is 4.79 Å². The van der Waals surface area contributed by atoms with Gasteiger partial charge in [-0.2, -0.15) is 0 Å². The molecule has 1 unspecified atom stereocenters. The summed E-state index contributed by atoms with van der Waals surface area (Å²) in [6, 6.07) is 8.19. The number of guanidine groups is 1. The number of aliphatic hydroxyl groups is 1. The Balaban J connectivity index is 1.88. The number of carbonyl (C=O) groups is 1. The molecule has 1 aliphatic heterocycles. The van der Waals surface area contributed by atoms with Gasteiger partial charge in [-0.15, -0.1) is 0 Å². The zero-order valence-corrected chi connectivity index (χ0v) is 18.4. The maximum Gasteiger partial charge on any atom is 0.225 e. The first-order chi connectivity index (χ1) is 14.0. The molecule has 1 saturated heterocycles. The molecule has 1 amide bonds. The van der Waals surface area contributed by atoms with Crippen molar-refractivity contribution >= 4 is 11.9 Å². The molecule has 0 radical (unpaired) electrons. The van der Waals surface area contributed by atoms with Gasteiger partial charge in [0, 0.05) is 31.6 Å². The summed E-state index contributed by atoms with van der Waals surface area (Å²) >= 11 is 0. The number of aliphatic imine (C=N–C) groups is 1. The fourth-order valence-corrected chi connectivity index (χ4v) is 3.73. The van der Waals surface area contributed by atoms with Crippen LogP contribution in [0.5, 0.6) is 0 Å². The Morgan fingerprint density at radius 2 is 1.79 bits per heavy atom. The molecule has 1 aromatic carbocycles. The van der Waals surface area contributed by atoms with Gasteiger partial charge in [-0.1, -0.05) is 43.7 Å². The largest absolute Gasteiger partial charge is 0.386 e. The van der Waals surface area contributed by atoms with Crippen LogP contribution in [0, 0.1) is 12.8 Å². The number of rotatable bonds is 8. The Bertz CT molecular complexity index is 647. The van der Waals surface area contributed by atoms with Crippen LogP contribution in [0.1, 0.15) is 63.7 Å². The number of carbonyl (C=O) groups excluding carboxylic acids is 1. The van der Waals surface area contributed by atoms with Crippen molar-refractivity contribution in [1.29, 1.82) is 0 Å². The standard InChI is InChI=1S/C23H38N4O2/c1-5-18(6-2)22(29)27-14-12-20(13-15-27)26-23(24-7-3)25-16-21(28)19-10-8-17(4)9-11-19/h8-11,18,20-21,28H,5-7,12-16H2,1-4H3,(H2,24,25,26). The molecular formula is C23H38N4O2. The van der Waals surface area contributed by atoms with Crippen molar-refractivity contribution in [3.8, 4) is 0 Å². The van der Waals surface area contributed by atoms with Crippen molar-refractivity contribution in [2.75, 3.05) is 26.2 Å². The first kappa shape index (κ1) is 23.2. The smallest absolute Gasteiger partial charge is 0.225 e. The summed E-state index contributed by atoms with van der Waals surface area (Å²) in [6.45, 7) is 10.9. The number of aryl methyl sites for hydroxylation is 1. The molecule has 0 aromatic heterocycles. The van der Waals surface area contributed by atoms with Crippen LogP contribution in [0.2, 0.25) is 0 Å².